The number of aromatic nitrogens is 3. The van der Waals surface area contributed by atoms with Gasteiger partial charge in [-0.05, 0) is 30.9 Å². The van der Waals surface area contributed by atoms with Gasteiger partial charge in [-0.2, -0.15) is 0 Å². The average molecular weight is 284 g/mol. The van der Waals surface area contributed by atoms with Crippen LogP contribution in [-0.4, -0.2) is 27.4 Å². The summed E-state index contributed by atoms with van der Waals surface area (Å²) in [6.07, 6.45) is 8.00. The van der Waals surface area contributed by atoms with Crippen molar-refractivity contribution in [1.29, 1.82) is 0 Å². The van der Waals surface area contributed by atoms with Crippen molar-refractivity contribution in [2.45, 2.75) is 32.1 Å². The number of para-hydroxylation sites is 1. The quantitative estimate of drug-likeness (QED) is 0.938. The average Bonchev–Trinajstić information content (AvgIpc) is 3.04. The molecule has 0 aliphatic heterocycles. The van der Waals surface area contributed by atoms with Crippen molar-refractivity contribution >= 4 is 5.91 Å². The summed E-state index contributed by atoms with van der Waals surface area (Å²) in [5.41, 5.74) is 1.27. The molecule has 5 heteroatoms. The van der Waals surface area contributed by atoms with Crippen molar-refractivity contribution in [3.8, 4) is 5.69 Å². The summed E-state index contributed by atoms with van der Waals surface area (Å²) < 4.78 is 1.62. The first kappa shape index (κ1) is 13.8. The first-order chi connectivity index (χ1) is 10.3. The Morgan fingerprint density at radius 2 is 1.95 bits per heavy atom. The van der Waals surface area contributed by atoms with E-state index in [1.165, 1.54) is 32.1 Å². The van der Waals surface area contributed by atoms with Crippen LogP contribution in [-0.2, 0) is 0 Å². The van der Waals surface area contributed by atoms with Crippen molar-refractivity contribution < 1.29 is 4.79 Å². The third-order valence-corrected chi connectivity index (χ3v) is 4.02. The molecule has 3 rings (SSSR count). The number of amides is 1. The number of nitrogens with one attached hydrogen (secondary N) is 1. The van der Waals surface area contributed by atoms with Crippen LogP contribution in [0.5, 0.6) is 0 Å². The molecule has 21 heavy (non-hydrogen) atoms. The minimum atomic E-state index is -0.136. The number of hydrogen-bond donors (Lipinski definition) is 1. The van der Waals surface area contributed by atoms with Gasteiger partial charge in [0.25, 0.3) is 5.91 Å². The van der Waals surface area contributed by atoms with Crippen LogP contribution < -0.4 is 5.32 Å². The molecule has 0 radical (unpaired) electrons. The normalized spacial score (nSPS) is 15.8. The first-order valence-electron chi connectivity index (χ1n) is 7.59. The molecule has 1 amide bonds. The molecule has 0 saturated heterocycles. The summed E-state index contributed by atoms with van der Waals surface area (Å²) in [4.78, 5) is 12.1. The van der Waals surface area contributed by atoms with Gasteiger partial charge in [0.15, 0.2) is 5.69 Å². The van der Waals surface area contributed by atoms with Gasteiger partial charge in [0.1, 0.15) is 0 Å². The summed E-state index contributed by atoms with van der Waals surface area (Å²) in [7, 11) is 0. The number of rotatable bonds is 4. The van der Waals surface area contributed by atoms with Crippen molar-refractivity contribution in [3.05, 3.63) is 42.2 Å². The smallest absolute Gasteiger partial charge is 0.273 e. The first-order valence-corrected chi connectivity index (χ1v) is 7.59. The number of hydrogen-bond acceptors (Lipinski definition) is 3. The Morgan fingerprint density at radius 1 is 1.19 bits per heavy atom. The molecule has 0 spiro atoms. The van der Waals surface area contributed by atoms with Gasteiger partial charge in [0.05, 0.1) is 11.9 Å². The third-order valence-electron chi connectivity index (χ3n) is 4.02. The predicted octanol–water partition coefficient (Wildman–Crippen LogP) is 2.58. The molecule has 1 aliphatic carbocycles. The Morgan fingerprint density at radius 3 is 2.71 bits per heavy atom. The van der Waals surface area contributed by atoms with Crippen molar-refractivity contribution in [3.63, 3.8) is 0 Å². The summed E-state index contributed by atoms with van der Waals surface area (Å²) in [5, 5.41) is 10.9. The van der Waals surface area contributed by atoms with E-state index in [-0.39, 0.29) is 5.91 Å². The molecule has 1 N–H and O–H groups in total. The highest BCUT2D eigenvalue weighted by atomic mass is 16.2. The van der Waals surface area contributed by atoms with E-state index in [4.69, 9.17) is 0 Å². The lowest BCUT2D eigenvalue weighted by Gasteiger charge is -2.21. The maximum Gasteiger partial charge on any atom is 0.273 e. The molecule has 0 atom stereocenters. The minimum absolute atomic E-state index is 0.136. The van der Waals surface area contributed by atoms with E-state index in [1.807, 2.05) is 30.3 Å². The highest BCUT2D eigenvalue weighted by molar-refractivity contribution is 5.91. The monoisotopic (exact) mass is 284 g/mol. The van der Waals surface area contributed by atoms with Gasteiger partial charge >= 0.3 is 0 Å². The summed E-state index contributed by atoms with van der Waals surface area (Å²) in [5.74, 6) is 0.481. The van der Waals surface area contributed by atoms with Gasteiger partial charge in [-0.1, -0.05) is 42.7 Å². The Kier molecular flexibility index (Phi) is 4.28. The van der Waals surface area contributed by atoms with E-state index in [0.717, 1.165) is 12.2 Å². The molecule has 1 aromatic carbocycles. The second kappa shape index (κ2) is 6.52. The Bertz CT molecular complexity index is 587. The van der Waals surface area contributed by atoms with E-state index >= 15 is 0 Å². The largest absolute Gasteiger partial charge is 0.350 e. The SMILES string of the molecule is O=C(NCC1CCCCC1)c1cn(-c2ccccc2)nn1. The van der Waals surface area contributed by atoms with Crippen LogP contribution in [0.15, 0.2) is 36.5 Å². The van der Waals surface area contributed by atoms with Gasteiger partial charge in [-0.3, -0.25) is 4.79 Å². The zero-order valence-electron chi connectivity index (χ0n) is 12.0. The highest BCUT2D eigenvalue weighted by Crippen LogP contribution is 2.22. The van der Waals surface area contributed by atoms with Crippen LogP contribution in [0.4, 0.5) is 0 Å². The van der Waals surface area contributed by atoms with Gasteiger partial charge in [0, 0.05) is 6.54 Å². The standard InChI is InChI=1S/C16H20N4O/c21-16(17-11-13-7-3-1-4-8-13)15-12-20(19-18-15)14-9-5-2-6-10-14/h2,5-6,9-10,12-13H,1,3-4,7-8,11H2,(H,17,21). The van der Waals surface area contributed by atoms with Crippen molar-refractivity contribution in [2.24, 2.45) is 5.92 Å². The van der Waals surface area contributed by atoms with Crippen molar-refractivity contribution in [2.75, 3.05) is 6.54 Å². The third kappa shape index (κ3) is 3.48. The lowest BCUT2D eigenvalue weighted by molar-refractivity contribution is 0.0938. The number of nitrogens with zero attached hydrogens (tertiary/aromatic N) is 3. The van der Waals surface area contributed by atoms with E-state index in [1.54, 1.807) is 10.9 Å². The molecule has 1 fully saturated rings. The molecular weight excluding hydrogens is 264 g/mol. The lowest BCUT2D eigenvalue weighted by Crippen LogP contribution is -2.30. The summed E-state index contributed by atoms with van der Waals surface area (Å²) in [6, 6.07) is 9.66. The minimum Gasteiger partial charge on any atom is -0.350 e. The molecule has 0 unspecified atom stereocenters. The van der Waals surface area contributed by atoms with Gasteiger partial charge in [-0.25, -0.2) is 4.68 Å². The predicted molar refractivity (Wildman–Crippen MR) is 80.3 cm³/mol. The molecular formula is C16H20N4O. The van der Waals surface area contributed by atoms with Gasteiger partial charge in [-0.15, -0.1) is 5.10 Å². The zero-order valence-corrected chi connectivity index (χ0v) is 12.0. The molecule has 1 heterocycles. The molecule has 0 bridgehead atoms. The van der Waals surface area contributed by atoms with E-state index < -0.39 is 0 Å². The van der Waals surface area contributed by atoms with Crippen LogP contribution in [0.3, 0.4) is 0 Å². The Balaban J connectivity index is 1.59. The molecule has 1 aliphatic rings. The fourth-order valence-electron chi connectivity index (χ4n) is 2.79. The Hall–Kier alpha value is -2.17. The van der Waals surface area contributed by atoms with Crippen LogP contribution >= 0.6 is 0 Å². The van der Waals surface area contributed by atoms with Gasteiger partial charge in [0.2, 0.25) is 0 Å². The molecule has 1 aromatic heterocycles. The fraction of sp³-hybridized carbons (Fsp3) is 0.438. The number of carbonyl (C=O) groups is 1. The number of benzene rings is 1. The van der Waals surface area contributed by atoms with Crippen molar-refractivity contribution in [1.82, 2.24) is 20.3 Å². The number of carbonyl (C=O) groups excluding carboxylic acids is 1. The molecule has 1 saturated carbocycles. The molecule has 2 aromatic rings. The van der Waals surface area contributed by atoms with E-state index in [9.17, 15) is 4.79 Å². The van der Waals surface area contributed by atoms with Crippen LogP contribution in [0.2, 0.25) is 0 Å². The summed E-state index contributed by atoms with van der Waals surface area (Å²) in [6.45, 7) is 0.747. The Labute approximate surface area is 124 Å². The second-order valence-electron chi connectivity index (χ2n) is 5.60. The zero-order chi connectivity index (χ0) is 14.5. The fourth-order valence-corrected chi connectivity index (χ4v) is 2.79. The van der Waals surface area contributed by atoms with Crippen LogP contribution in [0, 0.1) is 5.92 Å². The van der Waals surface area contributed by atoms with Gasteiger partial charge < -0.3 is 5.32 Å². The highest BCUT2D eigenvalue weighted by Gasteiger charge is 2.16. The van der Waals surface area contributed by atoms with Crippen LogP contribution in [0.25, 0.3) is 5.69 Å². The van der Waals surface area contributed by atoms with Crippen LogP contribution in [0.1, 0.15) is 42.6 Å². The second-order valence-corrected chi connectivity index (χ2v) is 5.60. The summed E-state index contributed by atoms with van der Waals surface area (Å²) >= 11 is 0. The molecule has 5 nitrogen and oxygen atoms in total. The maximum absolute atomic E-state index is 12.1. The van der Waals surface area contributed by atoms with E-state index in [0.29, 0.717) is 11.6 Å². The maximum atomic E-state index is 12.1. The van der Waals surface area contributed by atoms with E-state index in [2.05, 4.69) is 15.6 Å². The topological polar surface area (TPSA) is 59.8 Å². The lowest BCUT2D eigenvalue weighted by atomic mass is 9.89. The molecule has 110 valence electrons.